The van der Waals surface area contributed by atoms with Crippen LogP contribution >= 0.6 is 11.8 Å². The Hall–Kier alpha value is -1.88. The van der Waals surface area contributed by atoms with E-state index in [4.69, 9.17) is 14.6 Å². The maximum atomic E-state index is 14.4. The van der Waals surface area contributed by atoms with Gasteiger partial charge in [0.25, 0.3) is 0 Å². The number of morpholine rings is 1. The number of unbranched alkanes of at least 4 members (excludes halogenated alkanes) is 3. The molecule has 4 aliphatic rings. The van der Waals surface area contributed by atoms with Crippen molar-refractivity contribution in [2.45, 2.75) is 61.0 Å². The molecule has 1 spiro atoms. The number of aliphatic hydroxyl groups excluding tert-OH is 1. The Kier molecular flexibility index (Phi) is 10.9. The molecule has 4 rings (SSSR count). The van der Waals surface area contributed by atoms with Gasteiger partial charge in [0, 0.05) is 51.1 Å². The Bertz CT molecular complexity index is 896. The average Bonchev–Trinajstić information content (AvgIpc) is 3.58. The van der Waals surface area contributed by atoms with Crippen molar-refractivity contribution in [2.24, 2.45) is 11.8 Å². The van der Waals surface area contributed by atoms with E-state index in [1.165, 1.54) is 0 Å². The van der Waals surface area contributed by atoms with Gasteiger partial charge in [-0.05, 0) is 32.1 Å². The second-order valence-corrected chi connectivity index (χ2v) is 12.6. The number of hydrogen-bond donors (Lipinski definition) is 1. The average molecular weight is 564 g/mol. The van der Waals surface area contributed by atoms with Crippen molar-refractivity contribution >= 4 is 29.5 Å². The summed E-state index contributed by atoms with van der Waals surface area (Å²) in [5, 5.41) is 9.14. The van der Waals surface area contributed by atoms with Crippen LogP contribution in [0.25, 0.3) is 0 Å². The van der Waals surface area contributed by atoms with Gasteiger partial charge < -0.3 is 24.4 Å². The molecule has 4 heterocycles. The minimum absolute atomic E-state index is 0.00149. The van der Waals surface area contributed by atoms with Crippen molar-refractivity contribution < 1.29 is 29.0 Å². The molecule has 9 nitrogen and oxygen atoms in total. The van der Waals surface area contributed by atoms with Crippen LogP contribution in [0.15, 0.2) is 25.3 Å². The van der Waals surface area contributed by atoms with Crippen molar-refractivity contribution in [1.29, 1.82) is 0 Å². The number of aliphatic hydroxyl groups is 1. The highest BCUT2D eigenvalue weighted by molar-refractivity contribution is 8.02. The Labute approximate surface area is 236 Å². The zero-order chi connectivity index (χ0) is 27.8. The second-order valence-electron chi connectivity index (χ2n) is 11.0. The fourth-order valence-corrected chi connectivity index (χ4v) is 8.94. The summed E-state index contributed by atoms with van der Waals surface area (Å²) in [6.45, 7) is 13.3. The molecular formula is C29H45N3O6S. The maximum Gasteiger partial charge on any atom is 0.310 e. The molecule has 4 fully saturated rings. The fourth-order valence-electron chi connectivity index (χ4n) is 6.73. The monoisotopic (exact) mass is 563 g/mol. The molecule has 0 aromatic carbocycles. The predicted octanol–water partition coefficient (Wildman–Crippen LogP) is 2.10. The van der Waals surface area contributed by atoms with Crippen LogP contribution in [0.1, 0.15) is 44.9 Å². The number of thioether (sulfide) groups is 1. The number of fused-ring (bicyclic) bond motifs is 1. The highest BCUT2D eigenvalue weighted by atomic mass is 32.2. The zero-order valence-electron chi connectivity index (χ0n) is 23.1. The number of carbonyl (C=O) groups excluding carboxylic acids is 3. The van der Waals surface area contributed by atoms with Crippen molar-refractivity contribution in [3.05, 3.63) is 25.3 Å². The van der Waals surface area contributed by atoms with Gasteiger partial charge in [0.05, 0.1) is 36.4 Å². The summed E-state index contributed by atoms with van der Waals surface area (Å²) < 4.78 is 10.4. The van der Waals surface area contributed by atoms with Gasteiger partial charge in [-0.15, -0.1) is 24.9 Å². The van der Waals surface area contributed by atoms with Crippen LogP contribution in [0.4, 0.5) is 0 Å². The molecule has 0 aromatic rings. The minimum atomic E-state index is -0.607. The van der Waals surface area contributed by atoms with Crippen molar-refractivity contribution in [2.75, 3.05) is 65.7 Å². The predicted molar refractivity (Wildman–Crippen MR) is 151 cm³/mol. The van der Waals surface area contributed by atoms with E-state index in [-0.39, 0.29) is 36.2 Å². The molecule has 0 saturated carbocycles. The van der Waals surface area contributed by atoms with Gasteiger partial charge in [0.2, 0.25) is 11.8 Å². The third kappa shape index (κ3) is 6.39. The summed E-state index contributed by atoms with van der Waals surface area (Å²) in [7, 11) is 0. The highest BCUT2D eigenvalue weighted by Gasteiger charge is 2.74. The van der Waals surface area contributed by atoms with Gasteiger partial charge in [0.1, 0.15) is 6.04 Å². The maximum absolute atomic E-state index is 14.4. The summed E-state index contributed by atoms with van der Waals surface area (Å²) in [6, 6.07) is -0.599. The number of nitrogens with zero attached hydrogens (tertiary/aromatic N) is 3. The molecule has 0 aliphatic carbocycles. The fraction of sp³-hybridized carbons (Fsp3) is 0.759. The summed E-state index contributed by atoms with van der Waals surface area (Å²) >= 11 is 1.68. The van der Waals surface area contributed by atoms with Gasteiger partial charge in [-0.3, -0.25) is 19.3 Å². The highest BCUT2D eigenvalue weighted by Crippen LogP contribution is 2.66. The first-order valence-electron chi connectivity index (χ1n) is 14.5. The Morgan fingerprint density at radius 3 is 2.64 bits per heavy atom. The van der Waals surface area contributed by atoms with Gasteiger partial charge in [-0.2, -0.15) is 0 Å². The first-order valence-corrected chi connectivity index (χ1v) is 15.4. The number of hydrogen-bond acceptors (Lipinski definition) is 8. The van der Waals surface area contributed by atoms with E-state index in [2.05, 4.69) is 18.1 Å². The lowest BCUT2D eigenvalue weighted by Gasteiger charge is -2.38. The summed E-state index contributed by atoms with van der Waals surface area (Å²) in [5.74, 6) is -1.49. The molecule has 2 unspecified atom stereocenters. The van der Waals surface area contributed by atoms with Crippen molar-refractivity contribution in [3.8, 4) is 0 Å². The van der Waals surface area contributed by atoms with Gasteiger partial charge in [-0.1, -0.05) is 25.0 Å². The molecule has 4 aliphatic heterocycles. The summed E-state index contributed by atoms with van der Waals surface area (Å²) in [4.78, 5) is 47.6. The first-order chi connectivity index (χ1) is 19.0. The molecule has 2 amide bonds. The Morgan fingerprint density at radius 1 is 1.15 bits per heavy atom. The number of rotatable bonds is 16. The van der Waals surface area contributed by atoms with Crippen LogP contribution < -0.4 is 0 Å². The van der Waals surface area contributed by atoms with E-state index in [9.17, 15) is 14.4 Å². The van der Waals surface area contributed by atoms with E-state index >= 15 is 0 Å². The second kappa shape index (κ2) is 14.1. The summed E-state index contributed by atoms with van der Waals surface area (Å²) in [5.41, 5.74) is 0. The lowest BCUT2D eigenvalue weighted by molar-refractivity contribution is -0.154. The summed E-state index contributed by atoms with van der Waals surface area (Å²) in [6.07, 6.45) is 8.83. The smallest absolute Gasteiger partial charge is 0.310 e. The van der Waals surface area contributed by atoms with Crippen LogP contribution in [0.3, 0.4) is 0 Å². The van der Waals surface area contributed by atoms with E-state index in [1.807, 2.05) is 4.90 Å². The normalized spacial score (nSPS) is 29.9. The lowest BCUT2D eigenvalue weighted by atomic mass is 9.71. The topological polar surface area (TPSA) is 99.6 Å². The molecule has 0 radical (unpaired) electrons. The van der Waals surface area contributed by atoms with Crippen LogP contribution in [0.2, 0.25) is 0 Å². The third-order valence-corrected chi connectivity index (χ3v) is 10.6. The molecule has 218 valence electrons. The number of carbonyl (C=O) groups is 3. The molecular weight excluding hydrogens is 518 g/mol. The molecule has 1 N–H and O–H groups in total. The van der Waals surface area contributed by atoms with E-state index in [1.54, 1.807) is 28.8 Å². The Morgan fingerprint density at radius 2 is 1.92 bits per heavy atom. The first kappa shape index (κ1) is 30.1. The Balaban J connectivity index is 1.56. The number of amides is 2. The standard InChI is InChI=1S/C29H45N3O6S/c1-3-5-19-38-28(36)23-22-10-11-29(39-22)24(23)26(34)32(13-8-6-7-9-18-33)25(29)27(35)31(12-4-2)15-14-30-16-20-37-21-17-30/h3-4,22-25,33H,1-2,5-21H2/t22-,23+,24+,25?,29?/m1/s1. The number of ether oxygens (including phenoxy) is 2. The van der Waals surface area contributed by atoms with Crippen LogP contribution in [0, 0.1) is 11.8 Å². The lowest BCUT2D eigenvalue weighted by Crippen LogP contribution is -2.56. The molecule has 39 heavy (non-hydrogen) atoms. The molecule has 2 bridgehead atoms. The van der Waals surface area contributed by atoms with Crippen molar-refractivity contribution in [1.82, 2.24) is 14.7 Å². The van der Waals surface area contributed by atoms with E-state index in [0.29, 0.717) is 39.3 Å². The van der Waals surface area contributed by atoms with Crippen LogP contribution in [-0.4, -0.2) is 119 Å². The van der Waals surface area contributed by atoms with Crippen LogP contribution in [-0.2, 0) is 23.9 Å². The third-order valence-electron chi connectivity index (χ3n) is 8.63. The van der Waals surface area contributed by atoms with Crippen LogP contribution in [0.5, 0.6) is 0 Å². The van der Waals surface area contributed by atoms with Gasteiger partial charge in [-0.25, -0.2) is 0 Å². The molecule has 0 aromatic heterocycles. The SMILES string of the molecule is C=CCCOC(=O)[C@@H]1[C@H]2C(=O)N(CCCCCCO)C(C(=O)N(CC=C)CCN3CCOCC3)C23CC[C@H]1S3. The van der Waals surface area contributed by atoms with E-state index < -0.39 is 22.6 Å². The molecule has 4 saturated heterocycles. The largest absolute Gasteiger partial charge is 0.465 e. The van der Waals surface area contributed by atoms with Gasteiger partial charge >= 0.3 is 5.97 Å². The quantitative estimate of drug-likeness (QED) is 0.173. The van der Waals surface area contributed by atoms with E-state index in [0.717, 1.165) is 58.2 Å². The number of likely N-dealkylation sites (tertiary alicyclic amines) is 1. The molecule has 10 heteroatoms. The minimum Gasteiger partial charge on any atom is -0.465 e. The molecule has 5 atom stereocenters. The van der Waals surface area contributed by atoms with Crippen molar-refractivity contribution in [3.63, 3.8) is 0 Å². The zero-order valence-corrected chi connectivity index (χ0v) is 24.0. The number of esters is 1. The van der Waals surface area contributed by atoms with Gasteiger partial charge in [0.15, 0.2) is 0 Å².